The summed E-state index contributed by atoms with van der Waals surface area (Å²) >= 11 is 0. The van der Waals surface area contributed by atoms with Gasteiger partial charge in [-0.3, -0.25) is 9.59 Å². The fourth-order valence-electron chi connectivity index (χ4n) is 3.94. The number of amides is 2. The third-order valence-electron chi connectivity index (χ3n) is 5.36. The Kier molecular flexibility index (Phi) is 5.60. The van der Waals surface area contributed by atoms with Gasteiger partial charge in [0.05, 0.1) is 17.6 Å². The van der Waals surface area contributed by atoms with Crippen molar-refractivity contribution in [2.75, 3.05) is 11.4 Å². The summed E-state index contributed by atoms with van der Waals surface area (Å²) in [5.74, 6) is 0.748. The molecule has 1 aliphatic rings. The van der Waals surface area contributed by atoms with E-state index < -0.39 is 0 Å². The normalized spacial score (nSPS) is 13.3. The highest BCUT2D eigenvalue weighted by molar-refractivity contribution is 5.95. The number of nitrogens with zero attached hydrogens (tertiary/aromatic N) is 3. The zero-order valence-corrected chi connectivity index (χ0v) is 16.7. The van der Waals surface area contributed by atoms with Crippen LogP contribution in [0.3, 0.4) is 0 Å². The van der Waals surface area contributed by atoms with Crippen molar-refractivity contribution in [2.24, 2.45) is 0 Å². The van der Waals surface area contributed by atoms with Crippen molar-refractivity contribution in [1.82, 2.24) is 14.9 Å². The fourth-order valence-corrected chi connectivity index (χ4v) is 3.94. The number of carbonyl (C=O) groups excluding carboxylic acids is 2. The lowest BCUT2D eigenvalue weighted by Crippen LogP contribution is -2.38. The average molecular weight is 390 g/mol. The van der Waals surface area contributed by atoms with Crippen LogP contribution in [0.4, 0.5) is 5.69 Å². The number of carbonyl (C=O) groups is 2. The number of aryl methyl sites for hydroxylation is 1. The highest BCUT2D eigenvalue weighted by atomic mass is 16.2. The molecule has 1 aliphatic heterocycles. The van der Waals surface area contributed by atoms with Crippen molar-refractivity contribution in [1.29, 1.82) is 0 Å². The minimum Gasteiger partial charge on any atom is -0.349 e. The van der Waals surface area contributed by atoms with Gasteiger partial charge in [0.25, 0.3) is 0 Å². The first-order chi connectivity index (χ1) is 14.2. The topological polar surface area (TPSA) is 67.2 Å². The van der Waals surface area contributed by atoms with Crippen LogP contribution >= 0.6 is 0 Å². The molecule has 0 saturated carbocycles. The number of benzene rings is 2. The van der Waals surface area contributed by atoms with E-state index in [0.717, 1.165) is 42.5 Å². The number of para-hydroxylation sites is 3. The van der Waals surface area contributed by atoms with E-state index in [4.69, 9.17) is 0 Å². The predicted molar refractivity (Wildman–Crippen MR) is 114 cm³/mol. The van der Waals surface area contributed by atoms with Gasteiger partial charge in [-0.25, -0.2) is 4.98 Å². The SMILES string of the molecule is CCCC(=O)NCc1nc2ccccc2n1CC(=O)N1CCCc2ccccc21. The van der Waals surface area contributed by atoms with Crippen LogP contribution in [0.15, 0.2) is 48.5 Å². The number of imidazole rings is 1. The summed E-state index contributed by atoms with van der Waals surface area (Å²) in [5, 5.41) is 2.92. The van der Waals surface area contributed by atoms with Crippen molar-refractivity contribution in [3.63, 3.8) is 0 Å². The molecule has 3 aromatic rings. The summed E-state index contributed by atoms with van der Waals surface area (Å²) in [5.41, 5.74) is 3.96. The van der Waals surface area contributed by atoms with Crippen molar-refractivity contribution >= 4 is 28.5 Å². The van der Waals surface area contributed by atoms with Gasteiger partial charge in [-0.05, 0) is 43.0 Å². The number of fused-ring (bicyclic) bond motifs is 2. The number of anilines is 1. The molecule has 0 spiro atoms. The van der Waals surface area contributed by atoms with Crippen LogP contribution in [0.1, 0.15) is 37.6 Å². The van der Waals surface area contributed by atoms with E-state index in [1.165, 1.54) is 5.56 Å². The standard InChI is InChI=1S/C23H26N4O2/c1-2-8-22(28)24-15-21-25-18-11-4-6-13-20(18)27(21)16-23(29)26-14-7-10-17-9-3-5-12-19(17)26/h3-6,9,11-13H,2,7-8,10,14-16H2,1H3,(H,24,28). The molecule has 150 valence electrons. The largest absolute Gasteiger partial charge is 0.349 e. The van der Waals surface area contributed by atoms with Gasteiger partial charge >= 0.3 is 0 Å². The van der Waals surface area contributed by atoms with Crippen LogP contribution in [0, 0.1) is 0 Å². The van der Waals surface area contributed by atoms with Crippen LogP contribution in [0.25, 0.3) is 11.0 Å². The Morgan fingerprint density at radius 1 is 1.10 bits per heavy atom. The Morgan fingerprint density at radius 2 is 1.90 bits per heavy atom. The lowest BCUT2D eigenvalue weighted by molar-refractivity contribution is -0.121. The van der Waals surface area contributed by atoms with Crippen LogP contribution in [0.2, 0.25) is 0 Å². The molecule has 0 unspecified atom stereocenters. The second kappa shape index (κ2) is 8.47. The maximum Gasteiger partial charge on any atom is 0.246 e. The summed E-state index contributed by atoms with van der Waals surface area (Å²) < 4.78 is 1.93. The summed E-state index contributed by atoms with van der Waals surface area (Å²) in [6, 6.07) is 15.9. The number of aromatic nitrogens is 2. The fraction of sp³-hybridized carbons (Fsp3) is 0.348. The summed E-state index contributed by atoms with van der Waals surface area (Å²) in [4.78, 5) is 31.7. The molecule has 0 fully saturated rings. The third kappa shape index (κ3) is 4.01. The van der Waals surface area contributed by atoms with Gasteiger partial charge in [0.2, 0.25) is 11.8 Å². The van der Waals surface area contributed by atoms with Gasteiger partial charge in [0, 0.05) is 18.7 Å². The number of nitrogens with one attached hydrogen (secondary N) is 1. The molecule has 0 aliphatic carbocycles. The molecule has 4 rings (SSSR count). The highest BCUT2D eigenvalue weighted by Crippen LogP contribution is 2.27. The zero-order valence-electron chi connectivity index (χ0n) is 16.7. The molecule has 2 heterocycles. The van der Waals surface area contributed by atoms with E-state index in [2.05, 4.69) is 16.4 Å². The molecule has 6 heteroatoms. The molecule has 1 N–H and O–H groups in total. The molecule has 1 aromatic heterocycles. The van der Waals surface area contributed by atoms with Crippen molar-refractivity contribution in [2.45, 2.75) is 45.7 Å². The first-order valence-electron chi connectivity index (χ1n) is 10.3. The Balaban J connectivity index is 1.61. The lowest BCUT2D eigenvalue weighted by Gasteiger charge is -2.29. The third-order valence-corrected chi connectivity index (χ3v) is 5.36. The first kappa shape index (κ1) is 19.2. The lowest BCUT2D eigenvalue weighted by atomic mass is 10.0. The molecule has 0 atom stereocenters. The molecular formula is C23H26N4O2. The summed E-state index contributed by atoms with van der Waals surface area (Å²) in [7, 11) is 0. The molecular weight excluding hydrogens is 364 g/mol. The number of hydrogen-bond acceptors (Lipinski definition) is 3. The molecule has 0 bridgehead atoms. The molecule has 0 saturated heterocycles. The maximum atomic E-state index is 13.3. The molecule has 29 heavy (non-hydrogen) atoms. The second-order valence-electron chi connectivity index (χ2n) is 7.41. The van der Waals surface area contributed by atoms with Crippen LogP contribution < -0.4 is 10.2 Å². The Bertz CT molecular complexity index is 1040. The average Bonchev–Trinajstić information content (AvgIpc) is 3.09. The quantitative estimate of drug-likeness (QED) is 0.701. The van der Waals surface area contributed by atoms with Gasteiger partial charge < -0.3 is 14.8 Å². The van der Waals surface area contributed by atoms with E-state index in [0.29, 0.717) is 18.8 Å². The molecule has 0 radical (unpaired) electrons. The Morgan fingerprint density at radius 3 is 2.76 bits per heavy atom. The summed E-state index contributed by atoms with van der Waals surface area (Å²) in [6.07, 6.45) is 3.26. The number of rotatable bonds is 6. The van der Waals surface area contributed by atoms with Gasteiger partial charge in [0.1, 0.15) is 12.4 Å². The van der Waals surface area contributed by atoms with E-state index in [1.807, 2.05) is 58.9 Å². The van der Waals surface area contributed by atoms with E-state index in [-0.39, 0.29) is 18.4 Å². The van der Waals surface area contributed by atoms with Crippen molar-refractivity contribution < 1.29 is 9.59 Å². The minimum atomic E-state index is 0.00221. The van der Waals surface area contributed by atoms with Gasteiger partial charge in [0.15, 0.2) is 0 Å². The predicted octanol–water partition coefficient (Wildman–Crippen LogP) is 3.43. The molecule has 2 amide bonds. The second-order valence-corrected chi connectivity index (χ2v) is 7.41. The molecule has 6 nitrogen and oxygen atoms in total. The van der Waals surface area contributed by atoms with Gasteiger partial charge in [-0.2, -0.15) is 0 Å². The summed E-state index contributed by atoms with van der Waals surface area (Å²) in [6.45, 7) is 3.22. The highest BCUT2D eigenvalue weighted by Gasteiger charge is 2.24. The maximum absolute atomic E-state index is 13.3. The zero-order chi connectivity index (χ0) is 20.2. The van der Waals surface area contributed by atoms with Crippen LogP contribution in [-0.4, -0.2) is 27.9 Å². The number of hydrogen-bond donors (Lipinski definition) is 1. The van der Waals surface area contributed by atoms with E-state index in [1.54, 1.807) is 0 Å². The van der Waals surface area contributed by atoms with E-state index in [9.17, 15) is 9.59 Å². The van der Waals surface area contributed by atoms with Gasteiger partial charge in [-0.1, -0.05) is 37.3 Å². The van der Waals surface area contributed by atoms with Gasteiger partial charge in [-0.15, -0.1) is 0 Å². The smallest absolute Gasteiger partial charge is 0.246 e. The Hall–Kier alpha value is -3.15. The Labute approximate surface area is 170 Å². The van der Waals surface area contributed by atoms with Crippen LogP contribution in [-0.2, 0) is 29.1 Å². The monoisotopic (exact) mass is 390 g/mol. The molecule has 2 aromatic carbocycles. The van der Waals surface area contributed by atoms with Crippen molar-refractivity contribution in [3.8, 4) is 0 Å². The van der Waals surface area contributed by atoms with Crippen molar-refractivity contribution in [3.05, 3.63) is 59.9 Å². The minimum absolute atomic E-state index is 0.00221. The van der Waals surface area contributed by atoms with Crippen LogP contribution in [0.5, 0.6) is 0 Å². The first-order valence-corrected chi connectivity index (χ1v) is 10.3. The van der Waals surface area contributed by atoms with E-state index >= 15 is 0 Å².